The number of hydrogen-bond donors (Lipinski definition) is 1. The third kappa shape index (κ3) is 2.07. The van der Waals surface area contributed by atoms with Crippen LogP contribution in [0.15, 0.2) is 36.7 Å². The van der Waals surface area contributed by atoms with Crippen molar-refractivity contribution in [2.24, 2.45) is 0 Å². The molecule has 0 atom stereocenters. The summed E-state index contributed by atoms with van der Waals surface area (Å²) in [6, 6.07) is 7.83. The van der Waals surface area contributed by atoms with Gasteiger partial charge in [0.15, 0.2) is 0 Å². The predicted molar refractivity (Wildman–Crippen MR) is 58.4 cm³/mol. The normalized spacial score (nSPS) is 10.5. The fourth-order valence-corrected chi connectivity index (χ4v) is 1.59. The SMILES string of the molecule is Cc1cccnc1Cn1cccc1CO. The molecule has 1 N–H and O–H groups in total. The lowest BCUT2D eigenvalue weighted by atomic mass is 10.2. The van der Waals surface area contributed by atoms with E-state index in [0.29, 0.717) is 0 Å². The maximum atomic E-state index is 9.11. The van der Waals surface area contributed by atoms with E-state index in [-0.39, 0.29) is 6.61 Å². The van der Waals surface area contributed by atoms with E-state index in [2.05, 4.69) is 4.98 Å². The van der Waals surface area contributed by atoms with Gasteiger partial charge < -0.3 is 9.67 Å². The molecule has 0 spiro atoms. The molecule has 0 radical (unpaired) electrons. The van der Waals surface area contributed by atoms with Gasteiger partial charge in [0.25, 0.3) is 0 Å². The van der Waals surface area contributed by atoms with E-state index in [4.69, 9.17) is 5.11 Å². The Morgan fingerprint density at radius 2 is 2.20 bits per heavy atom. The highest BCUT2D eigenvalue weighted by molar-refractivity contribution is 5.19. The van der Waals surface area contributed by atoms with Crippen LogP contribution in [0.5, 0.6) is 0 Å². The van der Waals surface area contributed by atoms with Crippen LogP contribution in [0.2, 0.25) is 0 Å². The Bertz CT molecular complexity index is 448. The molecule has 0 aliphatic heterocycles. The number of aliphatic hydroxyl groups excluding tert-OH is 1. The second kappa shape index (κ2) is 4.28. The highest BCUT2D eigenvalue weighted by Crippen LogP contribution is 2.09. The molecule has 0 fully saturated rings. The van der Waals surface area contributed by atoms with Gasteiger partial charge in [0.1, 0.15) is 0 Å². The van der Waals surface area contributed by atoms with Gasteiger partial charge in [-0.25, -0.2) is 0 Å². The van der Waals surface area contributed by atoms with Crippen LogP contribution >= 0.6 is 0 Å². The summed E-state index contributed by atoms with van der Waals surface area (Å²) in [6.45, 7) is 2.83. The first-order valence-electron chi connectivity index (χ1n) is 4.96. The topological polar surface area (TPSA) is 38.0 Å². The molecule has 78 valence electrons. The van der Waals surface area contributed by atoms with Crippen LogP contribution in [0, 0.1) is 6.92 Å². The minimum atomic E-state index is 0.0683. The average Bonchev–Trinajstić information content (AvgIpc) is 2.69. The highest BCUT2D eigenvalue weighted by Gasteiger charge is 2.03. The Balaban J connectivity index is 2.26. The summed E-state index contributed by atoms with van der Waals surface area (Å²) < 4.78 is 2.01. The number of aryl methyl sites for hydroxylation is 1. The first-order valence-corrected chi connectivity index (χ1v) is 4.96. The fraction of sp³-hybridized carbons (Fsp3) is 0.250. The molecule has 0 amide bonds. The van der Waals surface area contributed by atoms with Gasteiger partial charge in [0.05, 0.1) is 18.8 Å². The molecule has 0 unspecified atom stereocenters. The molecule has 2 aromatic rings. The van der Waals surface area contributed by atoms with Gasteiger partial charge in [-0.1, -0.05) is 6.07 Å². The highest BCUT2D eigenvalue weighted by atomic mass is 16.3. The van der Waals surface area contributed by atoms with Gasteiger partial charge >= 0.3 is 0 Å². The van der Waals surface area contributed by atoms with Gasteiger partial charge in [-0.3, -0.25) is 4.98 Å². The third-order valence-electron chi connectivity index (χ3n) is 2.52. The Kier molecular flexibility index (Phi) is 2.83. The zero-order valence-corrected chi connectivity index (χ0v) is 8.72. The summed E-state index contributed by atoms with van der Waals surface area (Å²) in [4.78, 5) is 4.33. The molecule has 0 aliphatic rings. The predicted octanol–water partition coefficient (Wildman–Crippen LogP) is 1.73. The van der Waals surface area contributed by atoms with E-state index in [1.165, 1.54) is 5.56 Å². The van der Waals surface area contributed by atoms with Crippen LogP contribution < -0.4 is 0 Å². The number of hydrogen-bond acceptors (Lipinski definition) is 2. The largest absolute Gasteiger partial charge is 0.390 e. The quantitative estimate of drug-likeness (QED) is 0.823. The summed E-state index contributed by atoms with van der Waals surface area (Å²) >= 11 is 0. The molecule has 0 saturated carbocycles. The van der Waals surface area contributed by atoms with Crippen LogP contribution in [-0.2, 0) is 13.2 Å². The smallest absolute Gasteiger partial charge is 0.0832 e. The average molecular weight is 202 g/mol. The van der Waals surface area contributed by atoms with E-state index in [1.807, 2.05) is 42.0 Å². The molecule has 0 aliphatic carbocycles. The molecular weight excluding hydrogens is 188 g/mol. The molecule has 2 aromatic heterocycles. The van der Waals surface area contributed by atoms with Crippen LogP contribution in [0.1, 0.15) is 17.0 Å². The standard InChI is InChI=1S/C12H14N2O/c1-10-4-2-6-13-12(10)8-14-7-3-5-11(14)9-15/h2-7,15H,8-9H2,1H3. The van der Waals surface area contributed by atoms with Crippen LogP contribution in [-0.4, -0.2) is 14.7 Å². The summed E-state index contributed by atoms with van der Waals surface area (Å²) in [7, 11) is 0. The first kappa shape index (κ1) is 9.93. The zero-order chi connectivity index (χ0) is 10.7. The van der Waals surface area contributed by atoms with Crippen molar-refractivity contribution in [2.45, 2.75) is 20.1 Å². The number of rotatable bonds is 3. The summed E-state index contributed by atoms with van der Waals surface area (Å²) in [5.41, 5.74) is 3.14. The summed E-state index contributed by atoms with van der Waals surface area (Å²) in [5, 5.41) is 9.11. The molecule has 0 aromatic carbocycles. The third-order valence-corrected chi connectivity index (χ3v) is 2.52. The minimum absolute atomic E-state index is 0.0683. The lowest BCUT2D eigenvalue weighted by Crippen LogP contribution is -2.05. The maximum absolute atomic E-state index is 9.11. The number of pyridine rings is 1. The Labute approximate surface area is 89.0 Å². The van der Waals surface area contributed by atoms with Crippen molar-refractivity contribution in [1.29, 1.82) is 0 Å². The van der Waals surface area contributed by atoms with Crippen molar-refractivity contribution in [1.82, 2.24) is 9.55 Å². The van der Waals surface area contributed by atoms with Gasteiger partial charge in [-0.05, 0) is 30.7 Å². The van der Waals surface area contributed by atoms with Crippen molar-refractivity contribution in [3.05, 3.63) is 53.6 Å². The zero-order valence-electron chi connectivity index (χ0n) is 8.72. The van der Waals surface area contributed by atoms with Gasteiger partial charge in [0.2, 0.25) is 0 Å². The number of aliphatic hydroxyl groups is 1. The molecule has 3 nitrogen and oxygen atoms in total. The first-order chi connectivity index (χ1) is 7.31. The van der Waals surface area contributed by atoms with E-state index < -0.39 is 0 Å². The van der Waals surface area contributed by atoms with Crippen molar-refractivity contribution in [2.75, 3.05) is 0 Å². The Morgan fingerprint density at radius 1 is 1.33 bits per heavy atom. The number of aromatic nitrogens is 2. The molecular formula is C12H14N2O. The molecule has 0 bridgehead atoms. The summed E-state index contributed by atoms with van der Waals surface area (Å²) in [6.07, 6.45) is 3.75. The molecule has 15 heavy (non-hydrogen) atoms. The van der Waals surface area contributed by atoms with Crippen LogP contribution in [0.25, 0.3) is 0 Å². The van der Waals surface area contributed by atoms with Gasteiger partial charge in [-0.15, -0.1) is 0 Å². The minimum Gasteiger partial charge on any atom is -0.390 e. The Hall–Kier alpha value is -1.61. The second-order valence-electron chi connectivity index (χ2n) is 3.55. The van der Waals surface area contributed by atoms with Gasteiger partial charge in [-0.2, -0.15) is 0 Å². The van der Waals surface area contributed by atoms with Crippen molar-refractivity contribution >= 4 is 0 Å². The molecule has 2 heterocycles. The van der Waals surface area contributed by atoms with Gasteiger partial charge in [0, 0.05) is 18.1 Å². The lowest BCUT2D eigenvalue weighted by Gasteiger charge is -2.08. The maximum Gasteiger partial charge on any atom is 0.0832 e. The van der Waals surface area contributed by atoms with Crippen molar-refractivity contribution < 1.29 is 5.11 Å². The van der Waals surface area contributed by atoms with Crippen LogP contribution in [0.3, 0.4) is 0 Å². The number of nitrogens with zero attached hydrogens (tertiary/aromatic N) is 2. The summed E-state index contributed by atoms with van der Waals surface area (Å²) in [5.74, 6) is 0. The second-order valence-corrected chi connectivity index (χ2v) is 3.55. The van der Waals surface area contributed by atoms with E-state index in [1.54, 1.807) is 6.20 Å². The fourth-order valence-electron chi connectivity index (χ4n) is 1.59. The van der Waals surface area contributed by atoms with Crippen LogP contribution in [0.4, 0.5) is 0 Å². The van der Waals surface area contributed by atoms with E-state index in [0.717, 1.165) is 17.9 Å². The Morgan fingerprint density at radius 3 is 2.93 bits per heavy atom. The van der Waals surface area contributed by atoms with E-state index >= 15 is 0 Å². The lowest BCUT2D eigenvalue weighted by molar-refractivity contribution is 0.271. The van der Waals surface area contributed by atoms with E-state index in [9.17, 15) is 0 Å². The monoisotopic (exact) mass is 202 g/mol. The molecule has 2 rings (SSSR count). The molecule has 0 saturated heterocycles. The molecule has 3 heteroatoms. The van der Waals surface area contributed by atoms with Crippen molar-refractivity contribution in [3.8, 4) is 0 Å². The van der Waals surface area contributed by atoms with Crippen molar-refractivity contribution in [3.63, 3.8) is 0 Å².